The van der Waals surface area contributed by atoms with Crippen LogP contribution in [-0.2, 0) is 0 Å². The summed E-state index contributed by atoms with van der Waals surface area (Å²) in [6, 6.07) is 5.58. The van der Waals surface area contributed by atoms with E-state index < -0.39 is 6.04 Å². The van der Waals surface area contributed by atoms with Crippen molar-refractivity contribution in [1.29, 1.82) is 0 Å². The lowest BCUT2D eigenvalue weighted by molar-refractivity contribution is 0.265. The third-order valence-electron chi connectivity index (χ3n) is 2.66. The maximum Gasteiger partial charge on any atom is 0.0994 e. The second-order valence-corrected chi connectivity index (χ2v) is 4.82. The number of benzene rings is 1. The van der Waals surface area contributed by atoms with Crippen LogP contribution in [0.1, 0.15) is 17.3 Å². The first-order chi connectivity index (χ1) is 8.13. The minimum absolute atomic E-state index is 0.0960. The van der Waals surface area contributed by atoms with Gasteiger partial charge < -0.3 is 15.4 Å². The minimum atomic E-state index is -0.416. The SMILES string of the molecule is Cc1cc(Br)ccc1-n1cncc1C(N)CO. The van der Waals surface area contributed by atoms with Gasteiger partial charge in [0.1, 0.15) is 0 Å². The van der Waals surface area contributed by atoms with E-state index in [0.29, 0.717) is 0 Å². The summed E-state index contributed by atoms with van der Waals surface area (Å²) in [7, 11) is 0. The van der Waals surface area contributed by atoms with Crippen molar-refractivity contribution < 1.29 is 5.11 Å². The average Bonchev–Trinajstić information content (AvgIpc) is 2.77. The number of rotatable bonds is 3. The van der Waals surface area contributed by atoms with Crippen molar-refractivity contribution >= 4 is 15.9 Å². The van der Waals surface area contributed by atoms with E-state index in [9.17, 15) is 0 Å². The van der Waals surface area contributed by atoms with Gasteiger partial charge in [-0.3, -0.25) is 0 Å². The molecule has 1 heterocycles. The molecule has 4 nitrogen and oxygen atoms in total. The van der Waals surface area contributed by atoms with Crippen LogP contribution < -0.4 is 5.73 Å². The molecule has 0 aliphatic carbocycles. The van der Waals surface area contributed by atoms with Crippen molar-refractivity contribution in [2.24, 2.45) is 5.73 Å². The fourth-order valence-electron chi connectivity index (χ4n) is 1.76. The standard InChI is InChI=1S/C12H14BrN3O/c1-8-4-9(13)2-3-11(8)16-7-15-5-12(16)10(14)6-17/h2-5,7,10,17H,6,14H2,1H3. The Kier molecular flexibility index (Phi) is 3.61. The minimum Gasteiger partial charge on any atom is -0.394 e. The molecule has 0 radical (unpaired) electrons. The van der Waals surface area contributed by atoms with Crippen LogP contribution in [0.15, 0.2) is 35.2 Å². The molecule has 90 valence electrons. The van der Waals surface area contributed by atoms with Gasteiger partial charge in [0.15, 0.2) is 0 Å². The second-order valence-electron chi connectivity index (χ2n) is 3.91. The zero-order valence-electron chi connectivity index (χ0n) is 9.47. The predicted molar refractivity (Wildman–Crippen MR) is 70.0 cm³/mol. The highest BCUT2D eigenvalue weighted by molar-refractivity contribution is 9.10. The number of aromatic nitrogens is 2. The lowest BCUT2D eigenvalue weighted by Crippen LogP contribution is -2.18. The van der Waals surface area contributed by atoms with Crippen LogP contribution in [0.3, 0.4) is 0 Å². The number of nitrogens with zero attached hydrogens (tertiary/aromatic N) is 2. The summed E-state index contributed by atoms with van der Waals surface area (Å²) in [4.78, 5) is 4.09. The van der Waals surface area contributed by atoms with Gasteiger partial charge in [0.2, 0.25) is 0 Å². The van der Waals surface area contributed by atoms with Gasteiger partial charge in [-0.15, -0.1) is 0 Å². The molecule has 2 aromatic rings. The van der Waals surface area contributed by atoms with Crippen LogP contribution in [0.5, 0.6) is 0 Å². The molecule has 0 aliphatic heterocycles. The van der Waals surface area contributed by atoms with Crippen LogP contribution in [0.25, 0.3) is 5.69 Å². The number of aliphatic hydroxyl groups is 1. The number of hydrogen-bond donors (Lipinski definition) is 2. The van der Waals surface area contributed by atoms with Crippen LogP contribution in [-0.4, -0.2) is 21.3 Å². The molecule has 5 heteroatoms. The fraction of sp³-hybridized carbons (Fsp3) is 0.250. The Hall–Kier alpha value is -1.17. The molecule has 1 atom stereocenters. The van der Waals surface area contributed by atoms with Gasteiger partial charge in [0.05, 0.1) is 30.9 Å². The first-order valence-corrected chi connectivity index (χ1v) is 6.08. The number of hydrogen-bond acceptors (Lipinski definition) is 3. The van der Waals surface area contributed by atoms with Gasteiger partial charge in [0.25, 0.3) is 0 Å². The van der Waals surface area contributed by atoms with E-state index in [2.05, 4.69) is 20.9 Å². The normalized spacial score (nSPS) is 12.7. The largest absolute Gasteiger partial charge is 0.394 e. The first-order valence-electron chi connectivity index (χ1n) is 5.28. The summed E-state index contributed by atoms with van der Waals surface area (Å²) in [6.45, 7) is 1.93. The third-order valence-corrected chi connectivity index (χ3v) is 3.16. The second kappa shape index (κ2) is 5.00. The van der Waals surface area contributed by atoms with E-state index in [1.54, 1.807) is 12.5 Å². The molecular weight excluding hydrogens is 282 g/mol. The van der Waals surface area contributed by atoms with Gasteiger partial charge >= 0.3 is 0 Å². The molecule has 0 fully saturated rings. The monoisotopic (exact) mass is 295 g/mol. The van der Waals surface area contributed by atoms with Gasteiger partial charge in [-0.25, -0.2) is 4.98 Å². The smallest absolute Gasteiger partial charge is 0.0994 e. The van der Waals surface area contributed by atoms with E-state index in [1.807, 2.05) is 29.7 Å². The lowest BCUT2D eigenvalue weighted by Gasteiger charge is -2.14. The van der Waals surface area contributed by atoms with E-state index in [-0.39, 0.29) is 6.61 Å². The van der Waals surface area contributed by atoms with E-state index in [0.717, 1.165) is 21.4 Å². The van der Waals surface area contributed by atoms with Crippen LogP contribution >= 0.6 is 15.9 Å². The molecule has 0 spiro atoms. The van der Waals surface area contributed by atoms with Crippen molar-refractivity contribution in [1.82, 2.24) is 9.55 Å². The van der Waals surface area contributed by atoms with E-state index in [4.69, 9.17) is 10.8 Å². The Labute approximate surface area is 108 Å². The third kappa shape index (κ3) is 2.41. The van der Waals surface area contributed by atoms with Crippen LogP contribution in [0.4, 0.5) is 0 Å². The van der Waals surface area contributed by atoms with E-state index >= 15 is 0 Å². The number of halogens is 1. The molecule has 0 bridgehead atoms. The maximum atomic E-state index is 9.12. The van der Waals surface area contributed by atoms with Crippen LogP contribution in [0, 0.1) is 6.92 Å². The first kappa shape index (κ1) is 12.3. The molecule has 1 aromatic heterocycles. The summed E-state index contributed by atoms with van der Waals surface area (Å²) in [5.74, 6) is 0. The Morgan fingerprint density at radius 1 is 1.53 bits per heavy atom. The van der Waals surface area contributed by atoms with Crippen LogP contribution in [0.2, 0.25) is 0 Å². The summed E-state index contributed by atoms with van der Waals surface area (Å²) in [6.07, 6.45) is 3.39. The Bertz CT molecular complexity index is 524. The molecule has 3 N–H and O–H groups in total. The highest BCUT2D eigenvalue weighted by Gasteiger charge is 2.12. The Morgan fingerprint density at radius 3 is 2.94 bits per heavy atom. The average molecular weight is 296 g/mol. The quantitative estimate of drug-likeness (QED) is 0.909. The molecule has 1 aromatic carbocycles. The summed E-state index contributed by atoms with van der Waals surface area (Å²) in [5.41, 5.74) is 8.77. The zero-order valence-corrected chi connectivity index (χ0v) is 11.1. The van der Waals surface area contributed by atoms with Gasteiger partial charge in [-0.2, -0.15) is 0 Å². The topological polar surface area (TPSA) is 64.1 Å². The number of aryl methyl sites for hydroxylation is 1. The predicted octanol–water partition coefficient (Wildman–Crippen LogP) is 1.94. The molecule has 2 rings (SSSR count). The highest BCUT2D eigenvalue weighted by Crippen LogP contribution is 2.22. The van der Waals surface area contributed by atoms with E-state index in [1.165, 1.54) is 0 Å². The summed E-state index contributed by atoms with van der Waals surface area (Å²) in [5, 5.41) is 9.12. The maximum absolute atomic E-state index is 9.12. The summed E-state index contributed by atoms with van der Waals surface area (Å²) >= 11 is 3.43. The van der Waals surface area contributed by atoms with Gasteiger partial charge in [-0.05, 0) is 30.7 Å². The van der Waals surface area contributed by atoms with Crippen molar-refractivity contribution in [2.45, 2.75) is 13.0 Å². The van der Waals surface area contributed by atoms with Gasteiger partial charge in [-0.1, -0.05) is 15.9 Å². The molecular formula is C12H14BrN3O. The number of nitrogens with two attached hydrogens (primary N) is 1. The van der Waals surface area contributed by atoms with Crippen molar-refractivity contribution in [2.75, 3.05) is 6.61 Å². The molecule has 0 saturated carbocycles. The molecule has 1 unspecified atom stereocenters. The Balaban J connectivity index is 2.50. The lowest BCUT2D eigenvalue weighted by atomic mass is 10.2. The fourth-order valence-corrected chi connectivity index (χ4v) is 2.24. The molecule has 0 saturated heterocycles. The van der Waals surface area contributed by atoms with Crippen molar-refractivity contribution in [3.63, 3.8) is 0 Å². The van der Waals surface area contributed by atoms with Gasteiger partial charge in [0, 0.05) is 10.2 Å². The summed E-state index contributed by atoms with van der Waals surface area (Å²) < 4.78 is 2.94. The number of aliphatic hydroxyl groups excluding tert-OH is 1. The number of imidazole rings is 1. The Morgan fingerprint density at radius 2 is 2.29 bits per heavy atom. The molecule has 0 amide bonds. The molecule has 0 aliphatic rings. The highest BCUT2D eigenvalue weighted by atomic mass is 79.9. The zero-order chi connectivity index (χ0) is 12.4. The van der Waals surface area contributed by atoms with Crippen molar-refractivity contribution in [3.8, 4) is 5.69 Å². The van der Waals surface area contributed by atoms with Crippen molar-refractivity contribution in [3.05, 3.63) is 46.5 Å². The molecule has 17 heavy (non-hydrogen) atoms.